The van der Waals surface area contributed by atoms with Crippen LogP contribution in [0.25, 0.3) is 0 Å². The summed E-state index contributed by atoms with van der Waals surface area (Å²) in [4.78, 5) is 5.19. The van der Waals surface area contributed by atoms with Crippen LogP contribution in [0.1, 0.15) is 24.8 Å². The minimum atomic E-state index is 0.754. The number of fused-ring (bicyclic) bond motifs is 2. The van der Waals surface area contributed by atoms with E-state index in [1.54, 1.807) is 0 Å². The number of anilines is 1. The van der Waals surface area contributed by atoms with Crippen molar-refractivity contribution in [3.8, 4) is 0 Å². The van der Waals surface area contributed by atoms with Gasteiger partial charge in [-0.25, -0.2) is 0 Å². The van der Waals surface area contributed by atoms with E-state index in [4.69, 9.17) is 5.73 Å². The van der Waals surface area contributed by atoms with E-state index < -0.39 is 0 Å². The van der Waals surface area contributed by atoms with Crippen molar-refractivity contribution in [3.63, 3.8) is 0 Å². The number of likely N-dealkylation sites (tertiary alicyclic amines) is 1. The molecule has 104 valence electrons. The third kappa shape index (κ3) is 2.81. The van der Waals surface area contributed by atoms with Crippen molar-refractivity contribution in [2.45, 2.75) is 37.9 Å². The first kappa shape index (κ1) is 13.4. The van der Waals surface area contributed by atoms with Gasteiger partial charge in [-0.05, 0) is 59.9 Å². The van der Waals surface area contributed by atoms with Crippen LogP contribution in [-0.4, -0.2) is 42.0 Å². The van der Waals surface area contributed by atoms with Gasteiger partial charge in [0, 0.05) is 41.9 Å². The molecule has 0 aliphatic carbocycles. The largest absolute Gasteiger partial charge is 0.398 e. The maximum absolute atomic E-state index is 5.85. The normalized spacial score (nSPS) is 28.5. The Hall–Kier alpha value is -0.580. The Balaban J connectivity index is 1.68. The van der Waals surface area contributed by atoms with Crippen LogP contribution in [0, 0.1) is 0 Å². The predicted molar refractivity (Wildman–Crippen MR) is 83.0 cm³/mol. The van der Waals surface area contributed by atoms with Gasteiger partial charge >= 0.3 is 0 Å². The second-order valence-corrected chi connectivity index (χ2v) is 6.78. The van der Waals surface area contributed by atoms with E-state index in [2.05, 4.69) is 44.9 Å². The molecule has 0 radical (unpaired) electrons. The first-order chi connectivity index (χ1) is 9.13. The average molecular weight is 324 g/mol. The summed E-state index contributed by atoms with van der Waals surface area (Å²) in [7, 11) is 2.30. The van der Waals surface area contributed by atoms with Crippen molar-refractivity contribution < 1.29 is 0 Å². The number of likely N-dealkylation sites (N-methyl/N-ethyl adjacent to an activating group) is 1. The lowest BCUT2D eigenvalue weighted by molar-refractivity contribution is 0.214. The maximum atomic E-state index is 5.85. The standard InChI is InChI=1S/C15H22BrN3/c1-18-12-3-4-13(18)10-19(7-6-12)9-11-2-5-15(17)14(16)8-11/h2,5,8,12-13H,3-4,6-7,9-10,17H2,1H3. The first-order valence-electron chi connectivity index (χ1n) is 7.11. The van der Waals surface area contributed by atoms with Gasteiger partial charge in [-0.1, -0.05) is 6.07 Å². The Morgan fingerprint density at radius 1 is 1.26 bits per heavy atom. The fourth-order valence-electron chi connectivity index (χ4n) is 3.45. The molecule has 2 atom stereocenters. The van der Waals surface area contributed by atoms with Crippen molar-refractivity contribution in [1.29, 1.82) is 0 Å². The molecule has 2 unspecified atom stereocenters. The molecule has 3 rings (SSSR count). The van der Waals surface area contributed by atoms with E-state index in [0.29, 0.717) is 0 Å². The highest BCUT2D eigenvalue weighted by atomic mass is 79.9. The molecule has 2 aliphatic rings. The second-order valence-electron chi connectivity index (χ2n) is 5.93. The molecule has 4 heteroatoms. The molecule has 1 aromatic carbocycles. The SMILES string of the molecule is CN1C2CCC1CN(Cc1ccc(N)c(Br)c1)CC2. The van der Waals surface area contributed by atoms with Crippen LogP contribution < -0.4 is 5.73 Å². The average Bonchev–Trinajstić information content (AvgIpc) is 2.62. The molecule has 0 saturated carbocycles. The van der Waals surface area contributed by atoms with Gasteiger partial charge in [-0.15, -0.1) is 0 Å². The van der Waals surface area contributed by atoms with Crippen LogP contribution >= 0.6 is 15.9 Å². The van der Waals surface area contributed by atoms with Crippen LogP contribution in [0.15, 0.2) is 22.7 Å². The molecule has 0 amide bonds. The molecule has 2 saturated heterocycles. The van der Waals surface area contributed by atoms with Gasteiger partial charge in [-0.2, -0.15) is 0 Å². The van der Waals surface area contributed by atoms with Gasteiger partial charge in [0.25, 0.3) is 0 Å². The number of rotatable bonds is 2. The Morgan fingerprint density at radius 3 is 2.84 bits per heavy atom. The molecule has 0 aromatic heterocycles. The fraction of sp³-hybridized carbons (Fsp3) is 0.600. The number of nitrogen functional groups attached to an aromatic ring is 1. The monoisotopic (exact) mass is 323 g/mol. The number of nitrogens with zero attached hydrogens (tertiary/aromatic N) is 2. The van der Waals surface area contributed by atoms with E-state index in [-0.39, 0.29) is 0 Å². The van der Waals surface area contributed by atoms with Gasteiger partial charge < -0.3 is 5.73 Å². The van der Waals surface area contributed by atoms with Crippen LogP contribution in [0.3, 0.4) is 0 Å². The van der Waals surface area contributed by atoms with E-state index >= 15 is 0 Å². The predicted octanol–water partition coefficient (Wildman–Crippen LogP) is 2.70. The molecule has 2 heterocycles. The Kier molecular flexibility index (Phi) is 3.83. The summed E-state index contributed by atoms with van der Waals surface area (Å²) < 4.78 is 1.01. The summed E-state index contributed by atoms with van der Waals surface area (Å²) in [6.07, 6.45) is 4.06. The first-order valence-corrected chi connectivity index (χ1v) is 7.91. The van der Waals surface area contributed by atoms with Crippen molar-refractivity contribution in [2.24, 2.45) is 0 Å². The topological polar surface area (TPSA) is 32.5 Å². The molecule has 1 aromatic rings. The Bertz CT molecular complexity index is 463. The number of benzene rings is 1. The summed E-state index contributed by atoms with van der Waals surface area (Å²) in [5, 5.41) is 0. The van der Waals surface area contributed by atoms with Gasteiger partial charge in [0.05, 0.1) is 0 Å². The minimum Gasteiger partial charge on any atom is -0.398 e. The zero-order chi connectivity index (χ0) is 13.4. The van der Waals surface area contributed by atoms with Crippen LogP contribution in [0.5, 0.6) is 0 Å². The number of hydrogen-bond acceptors (Lipinski definition) is 3. The van der Waals surface area contributed by atoms with Gasteiger partial charge in [0.2, 0.25) is 0 Å². The summed E-state index contributed by atoms with van der Waals surface area (Å²) in [6, 6.07) is 7.86. The summed E-state index contributed by atoms with van der Waals surface area (Å²) >= 11 is 3.52. The lowest BCUT2D eigenvalue weighted by atomic mass is 10.1. The maximum Gasteiger partial charge on any atom is 0.0458 e. The Labute approximate surface area is 123 Å². The van der Waals surface area contributed by atoms with Crippen LogP contribution in [-0.2, 0) is 6.54 Å². The second kappa shape index (κ2) is 5.43. The zero-order valence-corrected chi connectivity index (χ0v) is 13.1. The molecule has 2 bridgehead atoms. The van der Waals surface area contributed by atoms with E-state index in [1.807, 2.05) is 6.07 Å². The van der Waals surface area contributed by atoms with Crippen LogP contribution in [0.4, 0.5) is 5.69 Å². The van der Waals surface area contributed by atoms with E-state index in [0.717, 1.165) is 28.8 Å². The van der Waals surface area contributed by atoms with E-state index in [9.17, 15) is 0 Å². The molecule has 2 aliphatic heterocycles. The number of nitrogens with two attached hydrogens (primary N) is 1. The van der Waals surface area contributed by atoms with E-state index in [1.165, 1.54) is 37.9 Å². The highest BCUT2D eigenvalue weighted by molar-refractivity contribution is 9.10. The van der Waals surface area contributed by atoms with Crippen molar-refractivity contribution in [3.05, 3.63) is 28.2 Å². The molecule has 3 nitrogen and oxygen atoms in total. The van der Waals surface area contributed by atoms with Crippen LogP contribution in [0.2, 0.25) is 0 Å². The van der Waals surface area contributed by atoms with Gasteiger partial charge in [-0.3, -0.25) is 9.80 Å². The molecule has 19 heavy (non-hydrogen) atoms. The third-order valence-corrected chi connectivity index (χ3v) is 5.39. The highest BCUT2D eigenvalue weighted by Gasteiger charge is 2.34. The van der Waals surface area contributed by atoms with Crippen molar-refractivity contribution in [1.82, 2.24) is 9.80 Å². The van der Waals surface area contributed by atoms with Gasteiger partial charge in [0.15, 0.2) is 0 Å². The summed E-state index contributed by atoms with van der Waals surface area (Å²) in [5.74, 6) is 0. The molecular weight excluding hydrogens is 302 g/mol. The lowest BCUT2D eigenvalue weighted by Gasteiger charge is -2.25. The van der Waals surface area contributed by atoms with Crippen molar-refractivity contribution >= 4 is 21.6 Å². The number of halogens is 1. The molecule has 0 spiro atoms. The molecule has 2 fully saturated rings. The smallest absolute Gasteiger partial charge is 0.0458 e. The zero-order valence-electron chi connectivity index (χ0n) is 11.5. The molecule has 2 N–H and O–H groups in total. The lowest BCUT2D eigenvalue weighted by Crippen LogP contribution is -2.36. The summed E-state index contributed by atoms with van der Waals surface area (Å²) in [6.45, 7) is 3.46. The third-order valence-electron chi connectivity index (χ3n) is 4.70. The quantitative estimate of drug-likeness (QED) is 0.849. The minimum absolute atomic E-state index is 0.754. The highest BCUT2D eigenvalue weighted by Crippen LogP contribution is 2.29. The summed E-state index contributed by atoms with van der Waals surface area (Å²) in [5.41, 5.74) is 8.01. The fourth-order valence-corrected chi connectivity index (χ4v) is 3.88. The van der Waals surface area contributed by atoms with Gasteiger partial charge in [0.1, 0.15) is 0 Å². The number of hydrogen-bond donors (Lipinski definition) is 1. The molecular formula is C15H22BrN3. The van der Waals surface area contributed by atoms with Crippen molar-refractivity contribution in [2.75, 3.05) is 25.9 Å². The Morgan fingerprint density at radius 2 is 2.05 bits per heavy atom.